The molecule has 0 aliphatic heterocycles. The van der Waals surface area contributed by atoms with Gasteiger partial charge < -0.3 is 4.74 Å². The standard InChI is InChI=1S/C14H19BrF2O/c1-2-3-11-4-6-12(7-5-11)13(15)8-9-18-10-14(16)17/h4-7,13-14H,2-3,8-10H2,1H3. The number of halogens is 3. The molecule has 0 spiro atoms. The molecule has 0 fully saturated rings. The van der Waals surface area contributed by atoms with Crippen molar-refractivity contribution < 1.29 is 13.5 Å². The highest BCUT2D eigenvalue weighted by Crippen LogP contribution is 2.26. The Labute approximate surface area is 116 Å². The smallest absolute Gasteiger partial charge is 0.261 e. The molecule has 0 bridgehead atoms. The minimum Gasteiger partial charge on any atom is -0.375 e. The van der Waals surface area contributed by atoms with E-state index in [1.54, 1.807) is 0 Å². The van der Waals surface area contributed by atoms with E-state index in [4.69, 9.17) is 4.74 Å². The number of benzene rings is 1. The Kier molecular flexibility index (Phi) is 7.44. The highest BCUT2D eigenvalue weighted by atomic mass is 79.9. The minimum atomic E-state index is -2.38. The van der Waals surface area contributed by atoms with Crippen molar-refractivity contribution in [2.24, 2.45) is 0 Å². The second-order valence-corrected chi connectivity index (χ2v) is 5.32. The second-order valence-electron chi connectivity index (χ2n) is 4.21. The summed E-state index contributed by atoms with van der Waals surface area (Å²) in [5.74, 6) is 0. The predicted molar refractivity (Wildman–Crippen MR) is 73.5 cm³/mol. The van der Waals surface area contributed by atoms with E-state index in [2.05, 4.69) is 47.1 Å². The van der Waals surface area contributed by atoms with Crippen LogP contribution in [0.1, 0.15) is 35.7 Å². The van der Waals surface area contributed by atoms with Crippen LogP contribution in [0.5, 0.6) is 0 Å². The van der Waals surface area contributed by atoms with Gasteiger partial charge in [0.25, 0.3) is 6.43 Å². The van der Waals surface area contributed by atoms with Crippen LogP contribution in [0.25, 0.3) is 0 Å². The normalized spacial score (nSPS) is 12.9. The SMILES string of the molecule is CCCc1ccc(C(Br)CCOCC(F)F)cc1. The molecule has 0 N–H and O–H groups in total. The average Bonchev–Trinajstić information content (AvgIpc) is 2.35. The van der Waals surface area contributed by atoms with Crippen LogP contribution in [0.4, 0.5) is 8.78 Å². The van der Waals surface area contributed by atoms with Gasteiger partial charge in [-0.05, 0) is 24.0 Å². The molecule has 0 amide bonds. The molecule has 1 aromatic carbocycles. The van der Waals surface area contributed by atoms with E-state index in [9.17, 15) is 8.78 Å². The third-order valence-corrected chi connectivity index (χ3v) is 3.63. The van der Waals surface area contributed by atoms with E-state index >= 15 is 0 Å². The molecule has 0 radical (unpaired) electrons. The molecule has 0 aromatic heterocycles. The van der Waals surface area contributed by atoms with E-state index in [0.717, 1.165) is 18.4 Å². The second kappa shape index (κ2) is 8.59. The zero-order valence-corrected chi connectivity index (χ0v) is 12.1. The fraction of sp³-hybridized carbons (Fsp3) is 0.571. The van der Waals surface area contributed by atoms with Gasteiger partial charge in [0.05, 0.1) is 0 Å². The van der Waals surface area contributed by atoms with E-state index in [1.807, 2.05) is 0 Å². The van der Waals surface area contributed by atoms with Gasteiger partial charge in [0.1, 0.15) is 6.61 Å². The fourth-order valence-electron chi connectivity index (χ4n) is 1.71. The van der Waals surface area contributed by atoms with Crippen LogP contribution in [0.3, 0.4) is 0 Å². The zero-order valence-electron chi connectivity index (χ0n) is 10.5. The van der Waals surface area contributed by atoms with Crippen LogP contribution in [0, 0.1) is 0 Å². The Morgan fingerprint density at radius 1 is 1.22 bits per heavy atom. The fourth-order valence-corrected chi connectivity index (χ4v) is 2.20. The first kappa shape index (κ1) is 15.6. The Bertz CT molecular complexity index is 327. The lowest BCUT2D eigenvalue weighted by atomic mass is 10.0. The number of aryl methyl sites for hydroxylation is 1. The van der Waals surface area contributed by atoms with Crippen molar-refractivity contribution in [2.45, 2.75) is 37.4 Å². The van der Waals surface area contributed by atoms with Gasteiger partial charge in [0, 0.05) is 11.4 Å². The summed E-state index contributed by atoms with van der Waals surface area (Å²) in [5.41, 5.74) is 2.49. The van der Waals surface area contributed by atoms with E-state index in [0.29, 0.717) is 13.0 Å². The van der Waals surface area contributed by atoms with Crippen molar-refractivity contribution >= 4 is 15.9 Å². The van der Waals surface area contributed by atoms with Crippen LogP contribution in [0.2, 0.25) is 0 Å². The maximum absolute atomic E-state index is 11.9. The maximum atomic E-state index is 11.9. The van der Waals surface area contributed by atoms with Crippen LogP contribution in [-0.2, 0) is 11.2 Å². The molecule has 1 atom stereocenters. The lowest BCUT2D eigenvalue weighted by Crippen LogP contribution is -2.06. The summed E-state index contributed by atoms with van der Waals surface area (Å²) < 4.78 is 28.6. The Hall–Kier alpha value is -0.480. The van der Waals surface area contributed by atoms with E-state index < -0.39 is 13.0 Å². The van der Waals surface area contributed by atoms with Gasteiger partial charge in [-0.2, -0.15) is 0 Å². The van der Waals surface area contributed by atoms with Gasteiger partial charge in [-0.15, -0.1) is 0 Å². The van der Waals surface area contributed by atoms with Gasteiger partial charge >= 0.3 is 0 Å². The minimum absolute atomic E-state index is 0.158. The number of hydrogen-bond donors (Lipinski definition) is 0. The largest absolute Gasteiger partial charge is 0.375 e. The summed E-state index contributed by atoms with van der Waals surface area (Å²) in [5, 5.41) is 0. The summed E-state index contributed by atoms with van der Waals surface area (Å²) in [6.07, 6.45) is 0.537. The molecule has 18 heavy (non-hydrogen) atoms. The van der Waals surface area contributed by atoms with Crippen LogP contribution >= 0.6 is 15.9 Å². The van der Waals surface area contributed by atoms with Crippen molar-refractivity contribution in [3.05, 3.63) is 35.4 Å². The van der Waals surface area contributed by atoms with Gasteiger partial charge in [0.2, 0.25) is 0 Å². The molecule has 1 unspecified atom stereocenters. The summed E-state index contributed by atoms with van der Waals surface area (Å²) >= 11 is 3.55. The number of ether oxygens (including phenoxy) is 1. The lowest BCUT2D eigenvalue weighted by molar-refractivity contribution is 0.0167. The predicted octanol–water partition coefficient (Wildman–Crippen LogP) is 4.75. The van der Waals surface area contributed by atoms with Crippen molar-refractivity contribution in [3.8, 4) is 0 Å². The summed E-state index contributed by atoms with van der Waals surface area (Å²) in [4.78, 5) is 0.158. The Morgan fingerprint density at radius 2 is 1.89 bits per heavy atom. The average molecular weight is 321 g/mol. The maximum Gasteiger partial charge on any atom is 0.261 e. The van der Waals surface area contributed by atoms with Crippen molar-refractivity contribution in [1.82, 2.24) is 0 Å². The highest BCUT2D eigenvalue weighted by Gasteiger charge is 2.08. The molecule has 4 heteroatoms. The molecule has 102 valence electrons. The molecule has 1 nitrogen and oxygen atoms in total. The first-order valence-electron chi connectivity index (χ1n) is 6.22. The Morgan fingerprint density at radius 3 is 2.44 bits per heavy atom. The summed E-state index contributed by atoms with van der Waals surface area (Å²) in [6, 6.07) is 8.40. The van der Waals surface area contributed by atoms with Crippen LogP contribution in [0.15, 0.2) is 24.3 Å². The quantitative estimate of drug-likeness (QED) is 0.496. The van der Waals surface area contributed by atoms with E-state index in [-0.39, 0.29) is 4.83 Å². The molecule has 0 aliphatic rings. The zero-order chi connectivity index (χ0) is 13.4. The van der Waals surface area contributed by atoms with Crippen molar-refractivity contribution in [2.75, 3.05) is 13.2 Å². The molecule has 0 saturated carbocycles. The summed E-state index contributed by atoms with van der Waals surface area (Å²) in [6.45, 7) is 2.02. The third kappa shape index (κ3) is 5.91. The van der Waals surface area contributed by atoms with Gasteiger partial charge in [-0.1, -0.05) is 53.5 Å². The molecular formula is C14H19BrF2O. The first-order valence-corrected chi connectivity index (χ1v) is 7.13. The van der Waals surface area contributed by atoms with Crippen molar-refractivity contribution in [3.63, 3.8) is 0 Å². The van der Waals surface area contributed by atoms with Gasteiger partial charge in [-0.3, -0.25) is 0 Å². The van der Waals surface area contributed by atoms with Gasteiger partial charge in [-0.25, -0.2) is 8.78 Å². The Balaban J connectivity index is 2.34. The molecule has 0 heterocycles. The molecule has 1 rings (SSSR count). The summed E-state index contributed by atoms with van der Waals surface area (Å²) in [7, 11) is 0. The molecular weight excluding hydrogens is 302 g/mol. The molecule has 0 saturated heterocycles. The first-order chi connectivity index (χ1) is 8.63. The number of hydrogen-bond acceptors (Lipinski definition) is 1. The third-order valence-electron chi connectivity index (χ3n) is 2.64. The monoisotopic (exact) mass is 320 g/mol. The topological polar surface area (TPSA) is 9.23 Å². The lowest BCUT2D eigenvalue weighted by Gasteiger charge is -2.11. The number of alkyl halides is 3. The highest BCUT2D eigenvalue weighted by molar-refractivity contribution is 9.09. The molecule has 0 aliphatic carbocycles. The van der Waals surface area contributed by atoms with Crippen LogP contribution in [-0.4, -0.2) is 19.6 Å². The number of rotatable bonds is 8. The molecule has 1 aromatic rings. The van der Waals surface area contributed by atoms with Crippen LogP contribution < -0.4 is 0 Å². The van der Waals surface area contributed by atoms with E-state index in [1.165, 1.54) is 5.56 Å². The van der Waals surface area contributed by atoms with Gasteiger partial charge in [0.15, 0.2) is 0 Å². The van der Waals surface area contributed by atoms with Crippen molar-refractivity contribution in [1.29, 1.82) is 0 Å².